The smallest absolute Gasteiger partial charge is 0.220 e. The Morgan fingerprint density at radius 1 is 0.398 bits per heavy atom. The Bertz CT molecular complexity index is 1690. The molecule has 0 spiro atoms. The van der Waals surface area contributed by atoms with E-state index < -0.39 is 124 Å². The number of amides is 1. The molecule has 88 heavy (non-hydrogen) atoms. The van der Waals surface area contributed by atoms with Crippen LogP contribution in [-0.4, -0.2) is 193 Å². The lowest BCUT2D eigenvalue weighted by atomic mass is 9.96. The Labute approximate surface area is 530 Å². The number of nitrogens with one attached hydrogen (secondary N) is 1. The summed E-state index contributed by atoms with van der Waals surface area (Å²) < 4.78 is 34.3. The zero-order valence-electron chi connectivity index (χ0n) is 54.7. The molecule has 0 bridgehead atoms. The van der Waals surface area contributed by atoms with Crippen molar-refractivity contribution in [3.63, 3.8) is 0 Å². The molecule has 1 amide bonds. The van der Waals surface area contributed by atoms with E-state index in [2.05, 4.69) is 31.3 Å². The molecule has 0 aromatic heterocycles. The minimum atomic E-state index is -1.98. The minimum Gasteiger partial charge on any atom is -0.394 e. The van der Waals surface area contributed by atoms with E-state index in [9.17, 15) is 61.0 Å². The molecule has 3 heterocycles. The summed E-state index contributed by atoms with van der Waals surface area (Å²) >= 11 is 0. The van der Waals surface area contributed by atoms with Crippen molar-refractivity contribution >= 4 is 5.91 Å². The van der Waals surface area contributed by atoms with Crippen molar-refractivity contribution in [1.82, 2.24) is 5.32 Å². The Balaban J connectivity index is 1.37. The van der Waals surface area contributed by atoms with Gasteiger partial charge in [-0.1, -0.05) is 263 Å². The van der Waals surface area contributed by atoms with Gasteiger partial charge in [0.25, 0.3) is 0 Å². The molecule has 17 atom stereocenters. The number of aliphatic hydroxyl groups is 11. The first-order valence-corrected chi connectivity index (χ1v) is 35.6. The largest absolute Gasteiger partial charge is 0.394 e. The molecule has 0 saturated carbocycles. The van der Waals surface area contributed by atoms with Crippen LogP contribution in [0.1, 0.15) is 277 Å². The van der Waals surface area contributed by atoms with E-state index in [1.807, 2.05) is 6.08 Å². The molecule has 19 heteroatoms. The number of carbonyl (C=O) groups is 1. The summed E-state index contributed by atoms with van der Waals surface area (Å²) in [5, 5.41) is 120. The van der Waals surface area contributed by atoms with Crippen molar-refractivity contribution in [1.29, 1.82) is 0 Å². The number of carbonyl (C=O) groups excluding carboxylic acids is 1. The van der Waals surface area contributed by atoms with Gasteiger partial charge < -0.3 is 89.9 Å². The van der Waals surface area contributed by atoms with Crippen LogP contribution in [0.3, 0.4) is 0 Å². The molecule has 3 aliphatic rings. The minimum absolute atomic E-state index is 0.239. The van der Waals surface area contributed by atoms with Crippen molar-refractivity contribution in [3.8, 4) is 0 Å². The van der Waals surface area contributed by atoms with Gasteiger partial charge in [0.15, 0.2) is 18.9 Å². The fourth-order valence-corrected chi connectivity index (χ4v) is 12.2. The highest BCUT2D eigenvalue weighted by Crippen LogP contribution is 2.33. The number of unbranched alkanes of at least 4 members (excludes halogenated alkanes) is 37. The summed E-state index contributed by atoms with van der Waals surface area (Å²) in [5.74, 6) is -0.284. The Morgan fingerprint density at radius 3 is 1.14 bits per heavy atom. The third kappa shape index (κ3) is 33.4. The fraction of sp³-hybridized carbons (Fsp3) is 0.928. The Kier molecular flexibility index (Phi) is 47.3. The average Bonchev–Trinajstić information content (AvgIpc) is 2.44. The van der Waals surface area contributed by atoms with Gasteiger partial charge >= 0.3 is 0 Å². The second kappa shape index (κ2) is 51.7. The third-order valence-corrected chi connectivity index (χ3v) is 18.0. The predicted molar refractivity (Wildman–Crippen MR) is 342 cm³/mol. The van der Waals surface area contributed by atoms with Gasteiger partial charge in [-0.15, -0.1) is 0 Å². The van der Waals surface area contributed by atoms with E-state index in [1.54, 1.807) is 6.08 Å². The topological polar surface area (TPSA) is 307 Å². The van der Waals surface area contributed by atoms with Crippen molar-refractivity contribution in [3.05, 3.63) is 24.3 Å². The number of ether oxygens (including phenoxy) is 6. The van der Waals surface area contributed by atoms with Crippen LogP contribution in [0.25, 0.3) is 0 Å². The van der Waals surface area contributed by atoms with Crippen molar-refractivity contribution < 1.29 is 89.4 Å². The van der Waals surface area contributed by atoms with Crippen LogP contribution in [0, 0.1) is 0 Å². The maximum Gasteiger partial charge on any atom is 0.220 e. The molecule has 12 N–H and O–H groups in total. The molecule has 0 aromatic carbocycles. The van der Waals surface area contributed by atoms with Gasteiger partial charge in [0.1, 0.15) is 73.2 Å². The highest BCUT2D eigenvalue weighted by molar-refractivity contribution is 5.76. The van der Waals surface area contributed by atoms with Crippen molar-refractivity contribution in [2.45, 2.75) is 381 Å². The molecule has 19 nitrogen and oxygen atoms in total. The van der Waals surface area contributed by atoms with E-state index in [0.29, 0.717) is 12.8 Å². The van der Waals surface area contributed by atoms with Crippen LogP contribution < -0.4 is 5.32 Å². The van der Waals surface area contributed by atoms with Crippen LogP contribution in [0.15, 0.2) is 24.3 Å². The molecule has 3 rings (SSSR count). The number of hydrogen-bond donors (Lipinski definition) is 12. The lowest BCUT2D eigenvalue weighted by molar-refractivity contribution is -0.379. The first-order valence-electron chi connectivity index (χ1n) is 35.6. The maximum atomic E-state index is 13.3. The molecule has 0 radical (unpaired) electrons. The van der Waals surface area contributed by atoms with Crippen LogP contribution >= 0.6 is 0 Å². The quantitative estimate of drug-likeness (QED) is 0.0199. The SMILES string of the molecule is CCCCCCCCCCCCCCCCCCCCCCCCCCCC/C=C/CC/C=C/C(O)C(COC1OC(CO)C(OC2OC(CO)C(OC3OC(CO)C(O)C(O)C3O)C(O)C2O)C(O)C1O)NC(=O)CCCCCCCCCCCCC. The van der Waals surface area contributed by atoms with E-state index >= 15 is 0 Å². The summed E-state index contributed by atoms with van der Waals surface area (Å²) in [6.45, 7) is 1.72. The third-order valence-electron chi connectivity index (χ3n) is 18.0. The average molecular weight is 1260 g/mol. The molecule has 0 aliphatic carbocycles. The van der Waals surface area contributed by atoms with Crippen LogP contribution in [-0.2, 0) is 33.2 Å². The van der Waals surface area contributed by atoms with E-state index in [0.717, 1.165) is 38.5 Å². The molecule has 17 unspecified atom stereocenters. The van der Waals surface area contributed by atoms with Gasteiger partial charge in [-0.05, 0) is 32.1 Å². The molecular weight excluding hydrogens is 1130 g/mol. The zero-order valence-corrected chi connectivity index (χ0v) is 54.7. The summed E-state index contributed by atoms with van der Waals surface area (Å²) in [4.78, 5) is 13.3. The van der Waals surface area contributed by atoms with Crippen molar-refractivity contribution in [2.75, 3.05) is 26.4 Å². The van der Waals surface area contributed by atoms with Crippen LogP contribution in [0.5, 0.6) is 0 Å². The fourth-order valence-electron chi connectivity index (χ4n) is 12.2. The molecule has 3 aliphatic heterocycles. The second-order valence-electron chi connectivity index (χ2n) is 25.7. The second-order valence-corrected chi connectivity index (χ2v) is 25.7. The molecule has 0 aromatic rings. The molecule has 3 saturated heterocycles. The van der Waals surface area contributed by atoms with Gasteiger partial charge in [0, 0.05) is 6.42 Å². The predicted octanol–water partition coefficient (Wildman–Crippen LogP) is 9.44. The summed E-state index contributed by atoms with van der Waals surface area (Å²) in [7, 11) is 0. The van der Waals surface area contributed by atoms with E-state index in [-0.39, 0.29) is 18.9 Å². The summed E-state index contributed by atoms with van der Waals surface area (Å²) in [6.07, 6.45) is 32.0. The molecular formula is C69H129NO18. The van der Waals surface area contributed by atoms with E-state index in [4.69, 9.17) is 28.4 Å². The monoisotopic (exact) mass is 1260 g/mol. The Hall–Kier alpha value is -1.73. The van der Waals surface area contributed by atoms with Gasteiger partial charge in [-0.25, -0.2) is 0 Å². The highest BCUT2D eigenvalue weighted by atomic mass is 16.8. The van der Waals surface area contributed by atoms with Crippen molar-refractivity contribution in [2.24, 2.45) is 0 Å². The van der Waals surface area contributed by atoms with Gasteiger partial charge in [-0.2, -0.15) is 0 Å². The highest BCUT2D eigenvalue weighted by Gasteiger charge is 2.53. The molecule has 3 fully saturated rings. The lowest BCUT2D eigenvalue weighted by Crippen LogP contribution is -2.66. The number of allylic oxidation sites excluding steroid dienone is 3. The number of aliphatic hydroxyl groups excluding tert-OH is 11. The summed E-state index contributed by atoms with van der Waals surface area (Å²) in [5.41, 5.74) is 0. The summed E-state index contributed by atoms with van der Waals surface area (Å²) in [6, 6.07) is -0.985. The zero-order chi connectivity index (χ0) is 64.0. The lowest BCUT2D eigenvalue weighted by Gasteiger charge is -2.48. The first-order chi connectivity index (χ1) is 42.8. The number of hydrogen-bond acceptors (Lipinski definition) is 18. The standard InChI is InChI=1S/C69H129NO18/c1-3-5-7-9-11-13-15-16-17-18-19-20-21-22-23-24-25-26-27-28-29-30-31-32-33-34-35-37-38-40-42-44-46-53(74)52(70-57(75)47-45-43-41-39-36-14-12-10-8-6-4-2)51-83-67-63(81)60(78)65(55(49-72)85-67)88-69-64(82)61(79)66(56(50-73)86-69)87-68-62(80)59(77)58(76)54(48-71)84-68/h37-38,44,46,52-56,58-69,71-74,76-82H,3-36,39-43,45,47-51H2,1-2H3,(H,70,75)/b38-37+,46-44+. The number of rotatable bonds is 55. The van der Waals surface area contributed by atoms with Gasteiger partial charge in [0.2, 0.25) is 5.91 Å². The normalized spacial score (nSPS) is 28.5. The first kappa shape index (κ1) is 80.5. The maximum absolute atomic E-state index is 13.3. The van der Waals surface area contributed by atoms with E-state index in [1.165, 1.54) is 205 Å². The van der Waals surface area contributed by atoms with Crippen LogP contribution in [0.2, 0.25) is 0 Å². The van der Waals surface area contributed by atoms with Crippen LogP contribution in [0.4, 0.5) is 0 Å². The Morgan fingerprint density at radius 2 is 0.727 bits per heavy atom. The van der Waals surface area contributed by atoms with Gasteiger partial charge in [0.05, 0.1) is 38.6 Å². The molecule has 518 valence electrons. The van der Waals surface area contributed by atoms with Gasteiger partial charge in [-0.3, -0.25) is 4.79 Å².